The zero-order valence-electron chi connectivity index (χ0n) is 11.3. The first-order valence-electron chi connectivity index (χ1n) is 6.07. The highest BCUT2D eigenvalue weighted by atomic mass is 32.2. The summed E-state index contributed by atoms with van der Waals surface area (Å²) >= 11 is 2.13. The molecule has 15 heavy (non-hydrogen) atoms. The van der Waals surface area contributed by atoms with Gasteiger partial charge in [-0.05, 0) is 44.9 Å². The van der Waals surface area contributed by atoms with Crippen LogP contribution in [0.5, 0.6) is 0 Å². The molecule has 1 aliphatic rings. The maximum absolute atomic E-state index is 2.72. The van der Waals surface area contributed by atoms with Crippen molar-refractivity contribution in [1.82, 2.24) is 4.90 Å². The van der Waals surface area contributed by atoms with Crippen LogP contribution >= 0.6 is 11.8 Å². The molecule has 0 spiro atoms. The van der Waals surface area contributed by atoms with Crippen LogP contribution in [0.1, 0.15) is 48.0 Å². The second-order valence-electron chi connectivity index (χ2n) is 6.67. The van der Waals surface area contributed by atoms with Gasteiger partial charge in [-0.25, -0.2) is 0 Å². The Bertz CT molecular complexity index is 178. The minimum Gasteiger partial charge on any atom is -0.294 e. The maximum atomic E-state index is 2.72. The van der Waals surface area contributed by atoms with Crippen molar-refractivity contribution in [2.45, 2.75) is 59.5 Å². The van der Waals surface area contributed by atoms with Crippen LogP contribution in [0, 0.1) is 5.41 Å². The van der Waals surface area contributed by atoms with Gasteiger partial charge in [-0.1, -0.05) is 20.8 Å². The molecule has 1 rings (SSSR count). The second-order valence-corrected chi connectivity index (χ2v) is 7.82. The molecule has 0 aromatic heterocycles. The first-order valence-corrected chi connectivity index (χ1v) is 7.23. The Morgan fingerprint density at radius 1 is 1.07 bits per heavy atom. The molecular weight excluding hydrogens is 202 g/mol. The van der Waals surface area contributed by atoms with Gasteiger partial charge in [-0.3, -0.25) is 4.90 Å². The van der Waals surface area contributed by atoms with E-state index in [1.165, 1.54) is 24.5 Å². The summed E-state index contributed by atoms with van der Waals surface area (Å²) in [6.45, 7) is 15.4. The van der Waals surface area contributed by atoms with E-state index in [1.54, 1.807) is 0 Å². The molecule has 0 bridgehead atoms. The summed E-state index contributed by atoms with van der Waals surface area (Å²) < 4.78 is 0. The van der Waals surface area contributed by atoms with Gasteiger partial charge >= 0.3 is 0 Å². The summed E-state index contributed by atoms with van der Waals surface area (Å²) in [6, 6.07) is 0.713. The molecule has 90 valence electrons. The molecule has 1 nitrogen and oxygen atoms in total. The third kappa shape index (κ3) is 3.67. The zero-order chi connectivity index (χ0) is 11.7. The van der Waals surface area contributed by atoms with Gasteiger partial charge in [0.05, 0.1) is 0 Å². The third-order valence-electron chi connectivity index (χ3n) is 3.20. The topological polar surface area (TPSA) is 3.24 Å². The number of thioether (sulfide) groups is 1. The average molecular weight is 229 g/mol. The highest BCUT2D eigenvalue weighted by molar-refractivity contribution is 7.99. The van der Waals surface area contributed by atoms with Crippen LogP contribution in [-0.4, -0.2) is 34.5 Å². The molecule has 1 fully saturated rings. The molecule has 0 aromatic carbocycles. The predicted octanol–water partition coefficient (Wildman–Crippen LogP) is 3.64. The van der Waals surface area contributed by atoms with Crippen LogP contribution in [0.2, 0.25) is 0 Å². The zero-order valence-corrected chi connectivity index (χ0v) is 12.1. The summed E-state index contributed by atoms with van der Waals surface area (Å²) in [5.41, 5.74) is 0.702. The normalized spacial score (nSPS) is 26.4. The van der Waals surface area contributed by atoms with Gasteiger partial charge in [0.25, 0.3) is 0 Å². The van der Waals surface area contributed by atoms with Crippen LogP contribution in [-0.2, 0) is 0 Å². The van der Waals surface area contributed by atoms with Crippen LogP contribution in [0.15, 0.2) is 0 Å². The summed E-state index contributed by atoms with van der Waals surface area (Å²) in [7, 11) is 0. The van der Waals surface area contributed by atoms with Gasteiger partial charge in [0.1, 0.15) is 0 Å². The van der Waals surface area contributed by atoms with Gasteiger partial charge in [-0.15, -0.1) is 0 Å². The summed E-state index contributed by atoms with van der Waals surface area (Å²) in [6.07, 6.45) is 1.34. The maximum Gasteiger partial charge on any atom is 0.0240 e. The van der Waals surface area contributed by atoms with Gasteiger partial charge in [-0.2, -0.15) is 11.8 Å². The molecule has 1 heterocycles. The van der Waals surface area contributed by atoms with Crippen molar-refractivity contribution < 1.29 is 0 Å². The lowest BCUT2D eigenvalue weighted by molar-refractivity contribution is 0.0375. The van der Waals surface area contributed by atoms with E-state index >= 15 is 0 Å². The number of hydrogen-bond acceptors (Lipinski definition) is 2. The molecule has 1 saturated heterocycles. The third-order valence-corrected chi connectivity index (χ3v) is 4.33. The molecule has 1 atom stereocenters. The Kier molecular flexibility index (Phi) is 4.16. The lowest BCUT2D eigenvalue weighted by atomic mass is 9.84. The fourth-order valence-electron chi connectivity index (χ4n) is 2.30. The van der Waals surface area contributed by atoms with Gasteiger partial charge in [0.2, 0.25) is 0 Å². The fraction of sp³-hybridized carbons (Fsp3) is 1.00. The lowest BCUT2D eigenvalue weighted by Crippen LogP contribution is -2.54. The van der Waals surface area contributed by atoms with E-state index in [4.69, 9.17) is 0 Å². The monoisotopic (exact) mass is 229 g/mol. The molecule has 0 aliphatic carbocycles. The number of rotatable bonds is 0. The predicted molar refractivity (Wildman–Crippen MR) is 71.6 cm³/mol. The van der Waals surface area contributed by atoms with Crippen LogP contribution < -0.4 is 0 Å². The Hall–Kier alpha value is 0.310. The quantitative estimate of drug-likeness (QED) is 0.624. The molecule has 0 unspecified atom stereocenters. The standard InChI is InChI=1S/C13H27NS/c1-12(2,3)11-10-15-9-7-8-14(11)13(4,5)6/h11H,7-10H2,1-6H3/t11-/m1/s1. The van der Waals surface area contributed by atoms with Crippen molar-refractivity contribution in [1.29, 1.82) is 0 Å². The minimum absolute atomic E-state index is 0.308. The van der Waals surface area contributed by atoms with E-state index in [0.717, 1.165) is 0 Å². The Balaban J connectivity index is 2.86. The molecule has 0 radical (unpaired) electrons. The van der Waals surface area contributed by atoms with Crippen molar-refractivity contribution in [3.05, 3.63) is 0 Å². The number of nitrogens with zero attached hydrogens (tertiary/aromatic N) is 1. The average Bonchev–Trinajstić information content (AvgIpc) is 2.24. The van der Waals surface area contributed by atoms with Crippen molar-refractivity contribution in [3.63, 3.8) is 0 Å². The van der Waals surface area contributed by atoms with Gasteiger partial charge in [0.15, 0.2) is 0 Å². The Morgan fingerprint density at radius 2 is 1.67 bits per heavy atom. The van der Waals surface area contributed by atoms with E-state index in [0.29, 0.717) is 17.0 Å². The Morgan fingerprint density at radius 3 is 2.13 bits per heavy atom. The molecule has 2 heteroatoms. The van der Waals surface area contributed by atoms with E-state index in [9.17, 15) is 0 Å². The van der Waals surface area contributed by atoms with Gasteiger partial charge < -0.3 is 0 Å². The van der Waals surface area contributed by atoms with E-state index in [2.05, 4.69) is 58.2 Å². The van der Waals surface area contributed by atoms with Crippen LogP contribution in [0.3, 0.4) is 0 Å². The smallest absolute Gasteiger partial charge is 0.0240 e. The first-order chi connectivity index (χ1) is 6.73. The largest absolute Gasteiger partial charge is 0.294 e. The first kappa shape index (κ1) is 13.4. The molecule has 0 amide bonds. The van der Waals surface area contributed by atoms with Crippen molar-refractivity contribution >= 4 is 11.8 Å². The SMILES string of the molecule is CC(C)(C)[C@H]1CSCCCN1C(C)(C)C. The fourth-order valence-corrected chi connectivity index (χ4v) is 3.70. The molecule has 0 saturated carbocycles. The minimum atomic E-state index is 0.308. The van der Waals surface area contributed by atoms with E-state index < -0.39 is 0 Å². The van der Waals surface area contributed by atoms with Crippen molar-refractivity contribution in [2.75, 3.05) is 18.1 Å². The molecule has 0 N–H and O–H groups in total. The summed E-state index contributed by atoms with van der Waals surface area (Å²) in [5, 5.41) is 0. The molecule has 1 aliphatic heterocycles. The number of hydrogen-bond donors (Lipinski definition) is 0. The van der Waals surface area contributed by atoms with Crippen LogP contribution in [0.4, 0.5) is 0 Å². The Labute approximate surface area is 100.0 Å². The molecular formula is C13H27NS. The van der Waals surface area contributed by atoms with Crippen molar-refractivity contribution in [3.8, 4) is 0 Å². The highest BCUT2D eigenvalue weighted by Gasteiger charge is 2.36. The van der Waals surface area contributed by atoms with Gasteiger partial charge in [0, 0.05) is 17.3 Å². The van der Waals surface area contributed by atoms with Crippen molar-refractivity contribution in [2.24, 2.45) is 5.41 Å². The summed E-state index contributed by atoms with van der Waals surface area (Å²) in [5.74, 6) is 2.62. The lowest BCUT2D eigenvalue weighted by Gasteiger charge is -2.46. The van der Waals surface area contributed by atoms with Crippen LogP contribution in [0.25, 0.3) is 0 Å². The highest BCUT2D eigenvalue weighted by Crippen LogP contribution is 2.34. The second kappa shape index (κ2) is 4.67. The van der Waals surface area contributed by atoms with E-state index in [-0.39, 0.29) is 0 Å². The summed E-state index contributed by atoms with van der Waals surface area (Å²) in [4.78, 5) is 2.72. The molecule has 0 aromatic rings. The van der Waals surface area contributed by atoms with E-state index in [1.807, 2.05) is 0 Å².